The number of imidazole rings is 1. The molecular weight excluding hydrogens is 299 g/mol. The van der Waals surface area contributed by atoms with E-state index in [1.165, 1.54) is 0 Å². The van der Waals surface area contributed by atoms with Gasteiger partial charge in [0.05, 0.1) is 11.3 Å². The highest BCUT2D eigenvalue weighted by Crippen LogP contribution is 2.34. The normalized spacial score (nSPS) is 10.9. The summed E-state index contributed by atoms with van der Waals surface area (Å²) in [5.74, 6) is 1.06. The van der Waals surface area contributed by atoms with E-state index in [1.54, 1.807) is 18.0 Å². The van der Waals surface area contributed by atoms with Crippen molar-refractivity contribution in [1.29, 1.82) is 0 Å². The van der Waals surface area contributed by atoms with E-state index in [4.69, 9.17) is 23.2 Å². The lowest BCUT2D eigenvalue weighted by atomic mass is 10.1. The van der Waals surface area contributed by atoms with Crippen LogP contribution in [0.2, 0.25) is 10.0 Å². The van der Waals surface area contributed by atoms with E-state index in [0.717, 1.165) is 45.6 Å². The van der Waals surface area contributed by atoms with E-state index >= 15 is 0 Å². The third kappa shape index (κ3) is 4.16. The Morgan fingerprint density at radius 2 is 2.16 bits per heavy atom. The van der Waals surface area contributed by atoms with Gasteiger partial charge in [-0.25, -0.2) is 4.98 Å². The van der Waals surface area contributed by atoms with E-state index in [2.05, 4.69) is 11.9 Å². The number of aromatic nitrogens is 2. The van der Waals surface area contributed by atoms with Gasteiger partial charge in [0.25, 0.3) is 0 Å². The van der Waals surface area contributed by atoms with Crippen molar-refractivity contribution in [3.8, 4) is 0 Å². The summed E-state index contributed by atoms with van der Waals surface area (Å²) in [7, 11) is 0. The summed E-state index contributed by atoms with van der Waals surface area (Å²) in [4.78, 5) is 5.11. The fourth-order valence-corrected chi connectivity index (χ4v) is 3.35. The number of aryl methyl sites for hydroxylation is 2. The Kier molecular flexibility index (Phi) is 5.61. The Hall–Kier alpha value is -0.640. The van der Waals surface area contributed by atoms with E-state index in [0.29, 0.717) is 0 Å². The first-order chi connectivity index (χ1) is 9.20. The number of nitrogens with zero attached hydrogens (tertiary/aromatic N) is 2. The number of hydrogen-bond acceptors (Lipinski definition) is 2. The minimum atomic E-state index is 0.753. The molecule has 0 aliphatic rings. The summed E-state index contributed by atoms with van der Waals surface area (Å²) in [5.41, 5.74) is 1.10. The number of thioether (sulfide) groups is 1. The highest BCUT2D eigenvalue weighted by molar-refractivity contribution is 7.99. The Labute approximate surface area is 128 Å². The minimum absolute atomic E-state index is 0.753. The molecular formula is C14H16Cl2N2S. The monoisotopic (exact) mass is 314 g/mol. The van der Waals surface area contributed by atoms with Crippen LogP contribution in [0.25, 0.3) is 0 Å². The average molecular weight is 315 g/mol. The maximum atomic E-state index is 6.45. The van der Waals surface area contributed by atoms with Crippen LogP contribution in [0, 0.1) is 0 Å². The van der Waals surface area contributed by atoms with Crippen molar-refractivity contribution in [2.45, 2.75) is 31.2 Å². The lowest BCUT2D eigenvalue weighted by Gasteiger charge is -2.10. The molecule has 0 aliphatic heterocycles. The summed E-state index contributed by atoms with van der Waals surface area (Å²) < 4.78 is 2.04. The van der Waals surface area contributed by atoms with Gasteiger partial charge >= 0.3 is 0 Å². The Morgan fingerprint density at radius 3 is 2.84 bits per heavy atom. The van der Waals surface area contributed by atoms with Crippen LogP contribution in [0.4, 0.5) is 0 Å². The highest BCUT2D eigenvalue weighted by Gasteiger charge is 2.09. The fourth-order valence-electron chi connectivity index (χ4n) is 1.79. The molecule has 0 unspecified atom stereocenters. The molecule has 0 fully saturated rings. The molecule has 1 aromatic heterocycles. The molecule has 0 bridgehead atoms. The van der Waals surface area contributed by atoms with Crippen LogP contribution in [0.3, 0.4) is 0 Å². The van der Waals surface area contributed by atoms with Gasteiger partial charge in [-0.1, -0.05) is 30.1 Å². The molecule has 102 valence electrons. The van der Waals surface area contributed by atoms with Crippen molar-refractivity contribution < 1.29 is 0 Å². The van der Waals surface area contributed by atoms with Crippen molar-refractivity contribution in [2.24, 2.45) is 0 Å². The Bertz CT molecular complexity index is 526. The molecule has 1 heterocycles. The first kappa shape index (κ1) is 14.8. The molecule has 2 aromatic rings. The minimum Gasteiger partial charge on any atom is -0.337 e. The van der Waals surface area contributed by atoms with Crippen LogP contribution in [0.1, 0.15) is 18.9 Å². The van der Waals surface area contributed by atoms with Gasteiger partial charge in [-0.2, -0.15) is 0 Å². The Morgan fingerprint density at radius 1 is 1.32 bits per heavy atom. The quantitative estimate of drug-likeness (QED) is 0.703. The van der Waals surface area contributed by atoms with Gasteiger partial charge < -0.3 is 4.57 Å². The van der Waals surface area contributed by atoms with Crippen LogP contribution in [-0.4, -0.2) is 15.3 Å². The summed E-state index contributed by atoms with van der Waals surface area (Å²) >= 11 is 14.4. The van der Waals surface area contributed by atoms with Gasteiger partial charge in [-0.3, -0.25) is 0 Å². The molecule has 0 spiro atoms. The number of hydrogen-bond donors (Lipinski definition) is 0. The van der Waals surface area contributed by atoms with Gasteiger partial charge in [-0.15, -0.1) is 11.8 Å². The second-order valence-corrected chi connectivity index (χ2v) is 6.23. The number of benzene rings is 1. The second-order valence-electron chi connectivity index (χ2n) is 4.28. The number of rotatable bonds is 6. The standard InChI is InChI=1S/C14H16Cl2N2S/c1-2-7-19-13-9-12(15)8-11(14(13)16)3-5-18-6-4-17-10-18/h4,6,8-10H,2-3,5,7H2,1H3. The van der Waals surface area contributed by atoms with E-state index < -0.39 is 0 Å². The molecule has 0 atom stereocenters. The molecule has 0 saturated heterocycles. The van der Waals surface area contributed by atoms with Crippen molar-refractivity contribution >= 4 is 35.0 Å². The highest BCUT2D eigenvalue weighted by atomic mass is 35.5. The summed E-state index contributed by atoms with van der Waals surface area (Å²) in [5, 5.41) is 1.59. The van der Waals surface area contributed by atoms with Gasteiger partial charge in [-0.05, 0) is 36.3 Å². The molecule has 0 radical (unpaired) electrons. The third-order valence-electron chi connectivity index (χ3n) is 2.74. The van der Waals surface area contributed by atoms with Gasteiger partial charge in [0.1, 0.15) is 0 Å². The van der Waals surface area contributed by atoms with Crippen LogP contribution >= 0.6 is 35.0 Å². The molecule has 0 saturated carbocycles. The molecule has 0 amide bonds. The average Bonchev–Trinajstić information content (AvgIpc) is 2.91. The molecule has 0 aliphatic carbocycles. The first-order valence-electron chi connectivity index (χ1n) is 6.27. The van der Waals surface area contributed by atoms with Crippen molar-refractivity contribution in [2.75, 3.05) is 5.75 Å². The zero-order chi connectivity index (χ0) is 13.7. The van der Waals surface area contributed by atoms with Crippen molar-refractivity contribution in [3.63, 3.8) is 0 Å². The molecule has 5 heteroatoms. The number of halogens is 2. The third-order valence-corrected chi connectivity index (χ3v) is 4.76. The predicted molar refractivity (Wildman–Crippen MR) is 83.4 cm³/mol. The largest absolute Gasteiger partial charge is 0.337 e. The molecule has 2 rings (SSSR count). The van der Waals surface area contributed by atoms with E-state index in [9.17, 15) is 0 Å². The fraction of sp³-hybridized carbons (Fsp3) is 0.357. The molecule has 0 N–H and O–H groups in total. The molecule has 19 heavy (non-hydrogen) atoms. The summed E-state index contributed by atoms with van der Waals surface area (Å²) in [6.45, 7) is 3.02. The smallest absolute Gasteiger partial charge is 0.0946 e. The van der Waals surface area contributed by atoms with Crippen LogP contribution in [-0.2, 0) is 13.0 Å². The summed E-state index contributed by atoms with van der Waals surface area (Å²) in [6.07, 6.45) is 7.52. The summed E-state index contributed by atoms with van der Waals surface area (Å²) in [6, 6.07) is 3.90. The second kappa shape index (κ2) is 7.22. The molecule has 1 aromatic carbocycles. The van der Waals surface area contributed by atoms with Crippen LogP contribution in [0.15, 0.2) is 35.7 Å². The van der Waals surface area contributed by atoms with E-state index in [-0.39, 0.29) is 0 Å². The predicted octanol–water partition coefficient (Wildman–Crippen LogP) is 4.93. The lowest BCUT2D eigenvalue weighted by molar-refractivity contribution is 0.695. The lowest BCUT2D eigenvalue weighted by Crippen LogP contribution is -1.99. The zero-order valence-corrected chi connectivity index (χ0v) is 13.1. The van der Waals surface area contributed by atoms with E-state index in [1.807, 2.05) is 29.2 Å². The van der Waals surface area contributed by atoms with Crippen LogP contribution in [0.5, 0.6) is 0 Å². The van der Waals surface area contributed by atoms with Crippen LogP contribution < -0.4 is 0 Å². The van der Waals surface area contributed by atoms with Gasteiger partial charge in [0.2, 0.25) is 0 Å². The molecule has 2 nitrogen and oxygen atoms in total. The topological polar surface area (TPSA) is 17.8 Å². The van der Waals surface area contributed by atoms with Gasteiger partial charge in [0, 0.05) is 28.9 Å². The van der Waals surface area contributed by atoms with Crippen molar-refractivity contribution in [3.05, 3.63) is 46.5 Å². The van der Waals surface area contributed by atoms with Crippen molar-refractivity contribution in [1.82, 2.24) is 9.55 Å². The maximum absolute atomic E-state index is 6.45. The first-order valence-corrected chi connectivity index (χ1v) is 8.01. The van der Waals surface area contributed by atoms with Gasteiger partial charge in [0.15, 0.2) is 0 Å². The Balaban J connectivity index is 2.12. The SMILES string of the molecule is CCCSc1cc(Cl)cc(CCn2ccnc2)c1Cl. The zero-order valence-electron chi connectivity index (χ0n) is 10.8. The maximum Gasteiger partial charge on any atom is 0.0946 e.